The van der Waals surface area contributed by atoms with Gasteiger partial charge in [-0.1, -0.05) is 12.1 Å². The standard InChI is InChI=1S/C26H28FN3O7S/c1-14-19(12-28)38-23-20(14)22(31)30(26(2,3)24(32)33)25(34)29(23)13-18(37-15-8-10-36-11-9-15)16-6-5-7-17(27)21(16)35-4/h5-7,15,18H,8-11,13H2,1-4H3,(H,32,33). The molecule has 0 spiro atoms. The van der Waals surface area contributed by atoms with Gasteiger partial charge in [0.25, 0.3) is 5.56 Å². The van der Waals surface area contributed by atoms with Crippen LogP contribution in [0.1, 0.15) is 48.8 Å². The van der Waals surface area contributed by atoms with Crippen molar-refractivity contribution < 1.29 is 28.5 Å². The lowest BCUT2D eigenvalue weighted by Crippen LogP contribution is -2.52. The summed E-state index contributed by atoms with van der Waals surface area (Å²) in [6.45, 7) is 4.87. The molecule has 1 N–H and O–H groups in total. The predicted octanol–water partition coefficient (Wildman–Crippen LogP) is 3.31. The van der Waals surface area contributed by atoms with E-state index in [0.717, 1.165) is 11.3 Å². The first kappa shape index (κ1) is 27.5. The van der Waals surface area contributed by atoms with Crippen LogP contribution in [0.2, 0.25) is 0 Å². The van der Waals surface area contributed by atoms with Gasteiger partial charge in [-0.25, -0.2) is 18.5 Å². The van der Waals surface area contributed by atoms with Crippen LogP contribution in [0.5, 0.6) is 5.75 Å². The van der Waals surface area contributed by atoms with Crippen LogP contribution < -0.4 is 16.0 Å². The molecule has 0 saturated carbocycles. The van der Waals surface area contributed by atoms with Gasteiger partial charge in [0.15, 0.2) is 11.6 Å². The van der Waals surface area contributed by atoms with Crippen LogP contribution in [0, 0.1) is 24.1 Å². The highest BCUT2D eigenvalue weighted by molar-refractivity contribution is 7.19. The molecule has 10 nitrogen and oxygen atoms in total. The molecule has 1 unspecified atom stereocenters. The predicted molar refractivity (Wildman–Crippen MR) is 137 cm³/mol. The van der Waals surface area contributed by atoms with Gasteiger partial charge in [-0.2, -0.15) is 5.26 Å². The van der Waals surface area contributed by atoms with Crippen molar-refractivity contribution in [3.05, 3.63) is 60.9 Å². The summed E-state index contributed by atoms with van der Waals surface area (Å²) in [6, 6.07) is 6.42. The number of rotatable bonds is 8. The van der Waals surface area contributed by atoms with Crippen molar-refractivity contribution in [3.8, 4) is 11.8 Å². The summed E-state index contributed by atoms with van der Waals surface area (Å²) in [5.74, 6) is -2.04. The molecule has 0 bridgehead atoms. The molecule has 0 amide bonds. The number of halogens is 1. The van der Waals surface area contributed by atoms with E-state index in [1.54, 1.807) is 13.0 Å². The van der Waals surface area contributed by atoms with E-state index < -0.39 is 34.7 Å². The van der Waals surface area contributed by atoms with Crippen LogP contribution in [0.15, 0.2) is 27.8 Å². The summed E-state index contributed by atoms with van der Waals surface area (Å²) in [7, 11) is 1.33. The quantitative estimate of drug-likeness (QED) is 0.456. The third-order valence-corrected chi connectivity index (χ3v) is 8.04. The van der Waals surface area contributed by atoms with Gasteiger partial charge in [-0.15, -0.1) is 11.3 Å². The van der Waals surface area contributed by atoms with Crippen molar-refractivity contribution in [2.45, 2.75) is 57.9 Å². The molecule has 3 heterocycles. The normalized spacial score (nSPS) is 15.4. The van der Waals surface area contributed by atoms with Crippen molar-refractivity contribution in [3.63, 3.8) is 0 Å². The topological polar surface area (TPSA) is 133 Å². The highest BCUT2D eigenvalue weighted by Crippen LogP contribution is 2.35. The van der Waals surface area contributed by atoms with Crippen LogP contribution in [0.4, 0.5) is 4.39 Å². The molecule has 1 saturated heterocycles. The maximum absolute atomic E-state index is 14.7. The number of aromatic nitrogens is 2. The molecule has 1 aliphatic rings. The summed E-state index contributed by atoms with van der Waals surface area (Å²) < 4.78 is 33.8. The van der Waals surface area contributed by atoms with Crippen LogP contribution in [0.25, 0.3) is 10.2 Å². The average Bonchev–Trinajstić information content (AvgIpc) is 3.22. The number of hydrogen-bond acceptors (Lipinski definition) is 8. The minimum Gasteiger partial charge on any atom is -0.493 e. The first-order chi connectivity index (χ1) is 18.0. The van der Waals surface area contributed by atoms with E-state index in [9.17, 15) is 29.1 Å². The summed E-state index contributed by atoms with van der Waals surface area (Å²) in [6.07, 6.45) is 0.00644. The van der Waals surface area contributed by atoms with E-state index in [2.05, 4.69) is 0 Å². The minimum absolute atomic E-state index is 0.0480. The molecule has 0 aliphatic carbocycles. The summed E-state index contributed by atoms with van der Waals surface area (Å²) in [5.41, 5.74) is -2.86. The first-order valence-electron chi connectivity index (χ1n) is 12.0. The molecule has 38 heavy (non-hydrogen) atoms. The smallest absolute Gasteiger partial charge is 0.333 e. The Bertz CT molecular complexity index is 1540. The molecule has 2 aromatic heterocycles. The van der Waals surface area contributed by atoms with Gasteiger partial charge in [-0.3, -0.25) is 9.36 Å². The Morgan fingerprint density at radius 3 is 2.63 bits per heavy atom. The zero-order valence-electron chi connectivity index (χ0n) is 21.4. The fourth-order valence-corrected chi connectivity index (χ4v) is 5.72. The number of fused-ring (bicyclic) bond motifs is 1. The van der Waals surface area contributed by atoms with Gasteiger partial charge < -0.3 is 19.3 Å². The Labute approximate surface area is 221 Å². The Kier molecular flexibility index (Phi) is 7.73. The van der Waals surface area contributed by atoms with E-state index >= 15 is 0 Å². The third-order valence-electron chi connectivity index (χ3n) is 6.82. The number of nitrogens with zero attached hydrogens (tertiary/aromatic N) is 3. The summed E-state index contributed by atoms with van der Waals surface area (Å²) in [4.78, 5) is 39.9. The summed E-state index contributed by atoms with van der Waals surface area (Å²) >= 11 is 0.963. The van der Waals surface area contributed by atoms with Gasteiger partial charge in [0.05, 0.1) is 25.1 Å². The largest absolute Gasteiger partial charge is 0.493 e. The van der Waals surface area contributed by atoms with E-state index in [4.69, 9.17) is 14.2 Å². The SMILES string of the molecule is COc1c(F)cccc1C(Cn1c(=O)n(C(C)(C)C(=O)O)c(=O)c2c(C)c(C#N)sc21)OC1CCOCC1. The zero-order chi connectivity index (χ0) is 27.8. The van der Waals surface area contributed by atoms with Crippen LogP contribution >= 0.6 is 11.3 Å². The van der Waals surface area contributed by atoms with Gasteiger partial charge in [0.1, 0.15) is 27.4 Å². The molecule has 1 fully saturated rings. The molecule has 3 aromatic rings. The number of ether oxygens (including phenoxy) is 3. The van der Waals surface area contributed by atoms with Gasteiger partial charge in [0, 0.05) is 18.8 Å². The highest BCUT2D eigenvalue weighted by atomic mass is 32.1. The van der Waals surface area contributed by atoms with Crippen molar-refractivity contribution in [1.29, 1.82) is 5.26 Å². The number of carbonyl (C=O) groups is 1. The third kappa shape index (κ3) is 4.73. The van der Waals surface area contributed by atoms with E-state index in [-0.39, 0.29) is 33.5 Å². The van der Waals surface area contributed by atoms with Crippen LogP contribution in [-0.4, -0.2) is 46.6 Å². The maximum Gasteiger partial charge on any atom is 0.333 e. The number of methoxy groups -OCH3 is 1. The monoisotopic (exact) mass is 545 g/mol. The highest BCUT2D eigenvalue weighted by Gasteiger charge is 2.36. The van der Waals surface area contributed by atoms with Crippen LogP contribution in [0.3, 0.4) is 0 Å². The van der Waals surface area contributed by atoms with E-state index in [1.165, 1.54) is 37.7 Å². The maximum atomic E-state index is 14.7. The fourth-order valence-electron chi connectivity index (χ4n) is 4.62. The molecule has 202 valence electrons. The lowest BCUT2D eigenvalue weighted by molar-refractivity contribution is -0.146. The second kappa shape index (κ2) is 10.7. The molecule has 1 aromatic carbocycles. The zero-order valence-corrected chi connectivity index (χ0v) is 22.3. The fraction of sp³-hybridized carbons (Fsp3) is 0.462. The van der Waals surface area contributed by atoms with Crippen LogP contribution in [-0.2, 0) is 26.4 Å². The Balaban J connectivity index is 1.99. The molecular weight excluding hydrogens is 517 g/mol. The lowest BCUT2D eigenvalue weighted by atomic mass is 10.0. The molecule has 0 radical (unpaired) electrons. The number of nitriles is 1. The number of para-hydroxylation sites is 1. The second-order valence-electron chi connectivity index (χ2n) is 9.54. The second-order valence-corrected chi connectivity index (χ2v) is 10.5. The van der Waals surface area contributed by atoms with Gasteiger partial charge in [-0.05, 0) is 45.2 Å². The first-order valence-corrected chi connectivity index (χ1v) is 12.8. The molecule has 4 rings (SSSR count). The number of benzene rings is 1. The molecular formula is C26H28FN3O7S. The average molecular weight is 546 g/mol. The van der Waals surface area contributed by atoms with Crippen molar-refractivity contribution in [1.82, 2.24) is 9.13 Å². The summed E-state index contributed by atoms with van der Waals surface area (Å²) in [5, 5.41) is 19.6. The minimum atomic E-state index is -1.89. The van der Waals surface area contributed by atoms with Gasteiger partial charge >= 0.3 is 11.7 Å². The van der Waals surface area contributed by atoms with Crippen molar-refractivity contribution in [2.75, 3.05) is 20.3 Å². The molecule has 1 aliphatic heterocycles. The number of aliphatic carboxylic acids is 1. The number of hydrogen-bond donors (Lipinski definition) is 1. The number of carboxylic acids is 1. The van der Waals surface area contributed by atoms with E-state index in [1.807, 2.05) is 6.07 Å². The van der Waals surface area contributed by atoms with Gasteiger partial charge in [0.2, 0.25) is 0 Å². The molecule has 1 atom stereocenters. The Morgan fingerprint density at radius 1 is 1.34 bits per heavy atom. The number of aryl methyl sites for hydroxylation is 1. The van der Waals surface area contributed by atoms with E-state index in [0.29, 0.717) is 41.7 Å². The number of carboxylic acid groups (broad SMARTS) is 1. The molecule has 12 heteroatoms. The van der Waals surface area contributed by atoms with Crippen molar-refractivity contribution in [2.24, 2.45) is 0 Å². The van der Waals surface area contributed by atoms with Crippen molar-refractivity contribution >= 4 is 27.5 Å². The Morgan fingerprint density at radius 2 is 2.03 bits per heavy atom. The number of thiophene rings is 1. The lowest BCUT2D eigenvalue weighted by Gasteiger charge is -2.30. The Hall–Kier alpha value is -3.53.